The Kier molecular flexibility index (Phi) is 6.32. The molecule has 0 radical (unpaired) electrons. The molecule has 6 nitrogen and oxygen atoms in total. The maximum Gasteiger partial charge on any atom is 0.410 e. The highest BCUT2D eigenvalue weighted by Gasteiger charge is 2.31. The van der Waals surface area contributed by atoms with Crippen LogP contribution in [0.15, 0.2) is 17.4 Å². The molecule has 0 N–H and O–H groups in total. The van der Waals surface area contributed by atoms with Crippen molar-refractivity contribution >= 4 is 23.7 Å². The Labute approximate surface area is 149 Å². The minimum absolute atomic E-state index is 0.145. The molecule has 1 fully saturated rings. The number of rotatable bonds is 4. The van der Waals surface area contributed by atoms with Gasteiger partial charge in [-0.15, -0.1) is 0 Å². The van der Waals surface area contributed by atoms with Crippen molar-refractivity contribution in [3.63, 3.8) is 0 Å². The third kappa shape index (κ3) is 5.26. The van der Waals surface area contributed by atoms with Gasteiger partial charge in [0.15, 0.2) is 5.16 Å². The number of ether oxygens (including phenoxy) is 1. The molecule has 134 valence electrons. The van der Waals surface area contributed by atoms with Crippen LogP contribution in [0.4, 0.5) is 10.6 Å². The third-order valence-electron chi connectivity index (χ3n) is 3.93. The van der Waals surface area contributed by atoms with Gasteiger partial charge in [-0.1, -0.05) is 11.8 Å². The molecule has 1 aliphatic rings. The zero-order valence-corrected chi connectivity index (χ0v) is 16.1. The molecular formula is C17H28N4O2S. The van der Waals surface area contributed by atoms with Gasteiger partial charge in [0.1, 0.15) is 11.4 Å². The van der Waals surface area contributed by atoms with E-state index in [9.17, 15) is 4.79 Å². The molecule has 0 unspecified atom stereocenters. The summed E-state index contributed by atoms with van der Waals surface area (Å²) in [5.74, 6) is 0.879. The zero-order chi connectivity index (χ0) is 17.7. The molecule has 0 saturated carbocycles. The first-order valence-corrected chi connectivity index (χ1v) is 9.60. The van der Waals surface area contributed by atoms with Gasteiger partial charge in [-0.2, -0.15) is 0 Å². The normalized spacial score (nSPS) is 18.4. The lowest BCUT2D eigenvalue weighted by atomic mass is 10.0. The summed E-state index contributed by atoms with van der Waals surface area (Å²) in [6.45, 7) is 7.21. The summed E-state index contributed by atoms with van der Waals surface area (Å²) in [7, 11) is 2.01. The van der Waals surface area contributed by atoms with Crippen LogP contribution >= 0.6 is 11.8 Å². The number of carbonyl (C=O) groups is 1. The number of amides is 1. The van der Waals surface area contributed by atoms with Crippen molar-refractivity contribution in [2.45, 2.75) is 56.8 Å². The lowest BCUT2D eigenvalue weighted by Gasteiger charge is -2.38. The first-order chi connectivity index (χ1) is 11.3. The Morgan fingerprint density at radius 2 is 2.21 bits per heavy atom. The van der Waals surface area contributed by atoms with E-state index >= 15 is 0 Å². The molecule has 0 spiro atoms. The third-order valence-corrected chi connectivity index (χ3v) is 4.49. The number of aromatic nitrogens is 2. The van der Waals surface area contributed by atoms with E-state index in [-0.39, 0.29) is 12.1 Å². The predicted molar refractivity (Wildman–Crippen MR) is 97.7 cm³/mol. The number of thioether (sulfide) groups is 1. The van der Waals surface area contributed by atoms with Crippen LogP contribution in [-0.4, -0.2) is 59.0 Å². The van der Waals surface area contributed by atoms with Crippen LogP contribution in [0, 0.1) is 0 Å². The fourth-order valence-electron chi connectivity index (χ4n) is 2.80. The average Bonchev–Trinajstić information content (AvgIpc) is 2.53. The monoisotopic (exact) mass is 352 g/mol. The topological polar surface area (TPSA) is 58.6 Å². The molecule has 1 aromatic heterocycles. The van der Waals surface area contributed by atoms with Crippen molar-refractivity contribution in [1.29, 1.82) is 0 Å². The van der Waals surface area contributed by atoms with Gasteiger partial charge < -0.3 is 14.5 Å². The molecule has 1 amide bonds. The summed E-state index contributed by atoms with van der Waals surface area (Å²) < 4.78 is 5.57. The standard InChI is InChI=1S/C17H28N4O2S/c1-17(2,3)23-16(22)21-11-7-6-8-13(21)12-20(4)14-9-10-18-15(19-14)24-5/h9-10,13H,6-8,11-12H2,1-5H3/t13-/m1/s1. The fourth-order valence-corrected chi connectivity index (χ4v) is 3.15. The Hall–Kier alpha value is -1.50. The van der Waals surface area contributed by atoms with Gasteiger partial charge in [0.25, 0.3) is 0 Å². The van der Waals surface area contributed by atoms with Crippen LogP contribution in [0.25, 0.3) is 0 Å². The number of likely N-dealkylation sites (tertiary alicyclic amines) is 1. The molecule has 1 saturated heterocycles. The molecule has 1 atom stereocenters. The molecular weight excluding hydrogens is 324 g/mol. The highest BCUT2D eigenvalue weighted by Crippen LogP contribution is 2.22. The van der Waals surface area contributed by atoms with E-state index in [1.54, 1.807) is 6.20 Å². The van der Waals surface area contributed by atoms with E-state index in [0.29, 0.717) is 0 Å². The van der Waals surface area contributed by atoms with Crippen molar-refractivity contribution in [3.8, 4) is 0 Å². The average molecular weight is 353 g/mol. The smallest absolute Gasteiger partial charge is 0.410 e. The van der Waals surface area contributed by atoms with Gasteiger partial charge in [-0.05, 0) is 52.4 Å². The van der Waals surface area contributed by atoms with Crippen LogP contribution in [0.3, 0.4) is 0 Å². The summed E-state index contributed by atoms with van der Waals surface area (Å²) in [5.41, 5.74) is -0.467. The van der Waals surface area contributed by atoms with Gasteiger partial charge in [0, 0.05) is 26.3 Å². The Balaban J connectivity index is 2.05. The van der Waals surface area contributed by atoms with Crippen molar-refractivity contribution < 1.29 is 9.53 Å². The number of nitrogens with zero attached hydrogens (tertiary/aromatic N) is 4. The van der Waals surface area contributed by atoms with Crippen molar-refractivity contribution in [2.24, 2.45) is 0 Å². The maximum atomic E-state index is 12.5. The van der Waals surface area contributed by atoms with Crippen molar-refractivity contribution in [1.82, 2.24) is 14.9 Å². The molecule has 0 aliphatic carbocycles. The van der Waals surface area contributed by atoms with Gasteiger partial charge in [-0.25, -0.2) is 14.8 Å². The number of hydrogen-bond donors (Lipinski definition) is 0. The van der Waals surface area contributed by atoms with E-state index in [0.717, 1.165) is 43.3 Å². The Bertz CT molecular complexity index is 562. The molecule has 7 heteroatoms. The number of anilines is 1. The molecule has 1 aromatic rings. The van der Waals surface area contributed by atoms with E-state index in [1.807, 2.05) is 45.0 Å². The second-order valence-corrected chi connectivity index (χ2v) is 7.88. The van der Waals surface area contributed by atoms with E-state index < -0.39 is 5.60 Å². The molecule has 1 aliphatic heterocycles. The van der Waals surface area contributed by atoms with Crippen molar-refractivity contribution in [2.75, 3.05) is 31.3 Å². The van der Waals surface area contributed by atoms with E-state index in [1.165, 1.54) is 11.8 Å². The lowest BCUT2D eigenvalue weighted by Crippen LogP contribution is -2.50. The van der Waals surface area contributed by atoms with Gasteiger partial charge in [0.05, 0.1) is 6.04 Å². The van der Waals surface area contributed by atoms with Gasteiger partial charge in [-0.3, -0.25) is 0 Å². The first kappa shape index (κ1) is 18.8. The Morgan fingerprint density at radius 3 is 2.88 bits per heavy atom. The second-order valence-electron chi connectivity index (χ2n) is 7.11. The Morgan fingerprint density at radius 1 is 1.46 bits per heavy atom. The number of piperidine rings is 1. The molecule has 0 bridgehead atoms. The zero-order valence-electron chi connectivity index (χ0n) is 15.3. The molecule has 2 heterocycles. The van der Waals surface area contributed by atoms with Crippen molar-refractivity contribution in [3.05, 3.63) is 12.3 Å². The van der Waals surface area contributed by atoms with E-state index in [2.05, 4.69) is 14.9 Å². The van der Waals surface area contributed by atoms with Gasteiger partial charge in [0.2, 0.25) is 0 Å². The maximum absolute atomic E-state index is 12.5. The summed E-state index contributed by atoms with van der Waals surface area (Å²) in [5, 5.41) is 0.756. The summed E-state index contributed by atoms with van der Waals surface area (Å²) in [4.78, 5) is 25.2. The van der Waals surface area contributed by atoms with Crippen LogP contribution < -0.4 is 4.90 Å². The summed E-state index contributed by atoms with van der Waals surface area (Å²) in [6.07, 6.45) is 6.68. The SMILES string of the molecule is CSc1nccc(N(C)C[C@H]2CCCCN2C(=O)OC(C)(C)C)n1. The highest BCUT2D eigenvalue weighted by molar-refractivity contribution is 7.98. The largest absolute Gasteiger partial charge is 0.444 e. The molecule has 0 aromatic carbocycles. The van der Waals surface area contributed by atoms with Crippen LogP contribution in [0.1, 0.15) is 40.0 Å². The minimum atomic E-state index is -0.467. The predicted octanol–water partition coefficient (Wildman–Crippen LogP) is 3.42. The number of hydrogen-bond acceptors (Lipinski definition) is 6. The van der Waals surface area contributed by atoms with Crippen LogP contribution in [0.2, 0.25) is 0 Å². The number of carbonyl (C=O) groups excluding carboxylic acids is 1. The summed E-state index contributed by atoms with van der Waals surface area (Å²) >= 11 is 1.52. The summed E-state index contributed by atoms with van der Waals surface area (Å²) in [6, 6.07) is 2.05. The second kappa shape index (κ2) is 8.05. The number of likely N-dealkylation sites (N-methyl/N-ethyl adjacent to an activating group) is 1. The lowest BCUT2D eigenvalue weighted by molar-refractivity contribution is 0.0108. The first-order valence-electron chi connectivity index (χ1n) is 8.38. The highest BCUT2D eigenvalue weighted by atomic mass is 32.2. The minimum Gasteiger partial charge on any atom is -0.444 e. The fraction of sp³-hybridized carbons (Fsp3) is 0.706. The van der Waals surface area contributed by atoms with Gasteiger partial charge >= 0.3 is 6.09 Å². The van der Waals surface area contributed by atoms with E-state index in [4.69, 9.17) is 4.74 Å². The van der Waals surface area contributed by atoms with Crippen LogP contribution in [0.5, 0.6) is 0 Å². The quantitative estimate of drug-likeness (QED) is 0.611. The van der Waals surface area contributed by atoms with Crippen LogP contribution in [-0.2, 0) is 4.74 Å². The molecule has 24 heavy (non-hydrogen) atoms. The molecule has 2 rings (SSSR count).